The molecule has 2 rings (SSSR count). The molecule has 20 heavy (non-hydrogen) atoms. The molecule has 6 nitrogen and oxygen atoms in total. The summed E-state index contributed by atoms with van der Waals surface area (Å²) in [6, 6.07) is 0. The number of rotatable bonds is 5. The second kappa shape index (κ2) is 5.66. The standard InChI is InChI=1S/C12H15F2N3O3/c1-5-8(11(19)15-4-7(18)9(13)14)12(20)17-10(16-5)6-2-3-6/h6-7,9,18H,2-4H2,1H3,(H,15,19)(H,16,17,20). The van der Waals surface area contributed by atoms with Gasteiger partial charge in [-0.25, -0.2) is 13.8 Å². The molecule has 1 saturated carbocycles. The molecule has 1 aromatic heterocycles. The van der Waals surface area contributed by atoms with E-state index in [4.69, 9.17) is 5.11 Å². The number of carbonyl (C=O) groups is 1. The Morgan fingerprint density at radius 3 is 2.70 bits per heavy atom. The Labute approximate surface area is 113 Å². The van der Waals surface area contributed by atoms with Crippen molar-refractivity contribution in [1.82, 2.24) is 15.3 Å². The highest BCUT2D eigenvalue weighted by atomic mass is 19.3. The van der Waals surface area contributed by atoms with Gasteiger partial charge in [-0.05, 0) is 19.8 Å². The zero-order valence-corrected chi connectivity index (χ0v) is 10.8. The number of aliphatic hydroxyl groups excluding tert-OH is 1. The minimum absolute atomic E-state index is 0.212. The van der Waals surface area contributed by atoms with Crippen molar-refractivity contribution in [3.63, 3.8) is 0 Å². The fourth-order valence-corrected chi connectivity index (χ4v) is 1.80. The molecular formula is C12H15F2N3O3. The Morgan fingerprint density at radius 2 is 2.20 bits per heavy atom. The van der Waals surface area contributed by atoms with E-state index in [1.165, 1.54) is 6.92 Å². The Balaban J connectivity index is 2.11. The first kappa shape index (κ1) is 14.6. The molecule has 1 atom stereocenters. The minimum atomic E-state index is -2.95. The van der Waals surface area contributed by atoms with E-state index in [0.717, 1.165) is 12.8 Å². The van der Waals surface area contributed by atoms with E-state index in [2.05, 4.69) is 15.3 Å². The molecule has 0 saturated heterocycles. The molecule has 0 spiro atoms. The summed E-state index contributed by atoms with van der Waals surface area (Å²) < 4.78 is 24.2. The molecule has 1 unspecified atom stereocenters. The predicted octanol–water partition coefficient (Wildman–Crippen LogP) is 0.312. The maximum atomic E-state index is 12.1. The number of carbonyl (C=O) groups excluding carboxylic acids is 1. The van der Waals surface area contributed by atoms with Crippen molar-refractivity contribution in [3.05, 3.63) is 27.4 Å². The van der Waals surface area contributed by atoms with Crippen LogP contribution in [-0.4, -0.2) is 40.1 Å². The first-order valence-electron chi connectivity index (χ1n) is 6.25. The third-order valence-electron chi connectivity index (χ3n) is 3.07. The minimum Gasteiger partial charge on any atom is -0.385 e. The van der Waals surface area contributed by atoms with Crippen LogP contribution in [0.1, 0.15) is 40.6 Å². The van der Waals surface area contributed by atoms with E-state index in [-0.39, 0.29) is 17.2 Å². The van der Waals surface area contributed by atoms with Crippen LogP contribution in [-0.2, 0) is 0 Å². The Morgan fingerprint density at radius 1 is 1.55 bits per heavy atom. The average molecular weight is 287 g/mol. The molecule has 8 heteroatoms. The fourth-order valence-electron chi connectivity index (χ4n) is 1.80. The zero-order valence-electron chi connectivity index (χ0n) is 10.8. The lowest BCUT2D eigenvalue weighted by atomic mass is 10.2. The molecule has 0 radical (unpaired) electrons. The lowest BCUT2D eigenvalue weighted by molar-refractivity contribution is -0.00271. The number of hydrogen-bond donors (Lipinski definition) is 3. The molecule has 110 valence electrons. The van der Waals surface area contributed by atoms with Gasteiger partial charge in [0.1, 0.15) is 17.5 Å². The first-order valence-corrected chi connectivity index (χ1v) is 6.25. The quantitative estimate of drug-likeness (QED) is 0.726. The van der Waals surface area contributed by atoms with Crippen molar-refractivity contribution in [2.24, 2.45) is 0 Å². The monoisotopic (exact) mass is 287 g/mol. The Bertz CT molecular complexity index is 570. The zero-order chi connectivity index (χ0) is 14.9. The number of amides is 1. The summed E-state index contributed by atoms with van der Waals surface area (Å²) in [6.45, 7) is 0.888. The van der Waals surface area contributed by atoms with Gasteiger partial charge in [-0.1, -0.05) is 0 Å². The molecule has 3 N–H and O–H groups in total. The van der Waals surface area contributed by atoms with Crippen molar-refractivity contribution in [3.8, 4) is 0 Å². The number of hydrogen-bond acceptors (Lipinski definition) is 4. The van der Waals surface area contributed by atoms with Gasteiger partial charge in [-0.3, -0.25) is 9.59 Å². The second-order valence-electron chi connectivity index (χ2n) is 4.80. The second-order valence-corrected chi connectivity index (χ2v) is 4.80. The van der Waals surface area contributed by atoms with Gasteiger partial charge < -0.3 is 15.4 Å². The van der Waals surface area contributed by atoms with E-state index in [1.807, 2.05) is 0 Å². The summed E-state index contributed by atoms with van der Waals surface area (Å²) in [5.74, 6) is -0.0332. The van der Waals surface area contributed by atoms with Crippen LogP contribution in [0, 0.1) is 6.92 Å². The molecular weight excluding hydrogens is 272 g/mol. The predicted molar refractivity (Wildman–Crippen MR) is 65.9 cm³/mol. The number of alkyl halides is 2. The summed E-state index contributed by atoms with van der Waals surface area (Å²) in [5.41, 5.74) is -0.556. The SMILES string of the molecule is Cc1nc(C2CC2)[nH]c(=O)c1C(=O)NCC(O)C(F)F. The van der Waals surface area contributed by atoms with Crippen LogP contribution in [0.5, 0.6) is 0 Å². The van der Waals surface area contributed by atoms with Gasteiger partial charge >= 0.3 is 0 Å². The van der Waals surface area contributed by atoms with Crippen LogP contribution >= 0.6 is 0 Å². The highest BCUT2D eigenvalue weighted by molar-refractivity contribution is 5.94. The smallest absolute Gasteiger partial charge is 0.265 e. The van der Waals surface area contributed by atoms with Crippen molar-refractivity contribution >= 4 is 5.91 Å². The van der Waals surface area contributed by atoms with Gasteiger partial charge in [-0.2, -0.15) is 0 Å². The largest absolute Gasteiger partial charge is 0.385 e. The molecule has 1 aliphatic carbocycles. The van der Waals surface area contributed by atoms with Crippen LogP contribution in [0.2, 0.25) is 0 Å². The number of aromatic nitrogens is 2. The normalized spacial score (nSPS) is 16.2. The molecule has 0 bridgehead atoms. The number of halogens is 2. The highest BCUT2D eigenvalue weighted by Gasteiger charge is 2.28. The topological polar surface area (TPSA) is 95.1 Å². The number of aromatic amines is 1. The molecule has 0 aromatic carbocycles. The van der Waals surface area contributed by atoms with E-state index in [1.54, 1.807) is 0 Å². The van der Waals surface area contributed by atoms with E-state index in [9.17, 15) is 18.4 Å². The Kier molecular flexibility index (Phi) is 4.12. The third-order valence-corrected chi connectivity index (χ3v) is 3.07. The van der Waals surface area contributed by atoms with Crippen LogP contribution in [0.25, 0.3) is 0 Å². The van der Waals surface area contributed by atoms with Crippen molar-refractivity contribution in [2.45, 2.75) is 38.2 Å². The lowest BCUT2D eigenvalue weighted by Crippen LogP contribution is -2.38. The van der Waals surface area contributed by atoms with Crippen molar-refractivity contribution in [2.75, 3.05) is 6.54 Å². The summed E-state index contributed by atoms with van der Waals surface area (Å²) in [4.78, 5) is 30.3. The number of aryl methyl sites for hydroxylation is 1. The maximum absolute atomic E-state index is 12.1. The van der Waals surface area contributed by atoms with E-state index < -0.39 is 30.5 Å². The Hall–Kier alpha value is -1.83. The van der Waals surface area contributed by atoms with Gasteiger partial charge in [0.15, 0.2) is 0 Å². The van der Waals surface area contributed by atoms with Crippen LogP contribution < -0.4 is 10.9 Å². The highest BCUT2D eigenvalue weighted by Crippen LogP contribution is 2.37. The average Bonchev–Trinajstić information content (AvgIpc) is 3.18. The van der Waals surface area contributed by atoms with Gasteiger partial charge in [0, 0.05) is 12.5 Å². The van der Waals surface area contributed by atoms with Crippen LogP contribution in [0.3, 0.4) is 0 Å². The molecule has 1 aliphatic rings. The first-order chi connectivity index (χ1) is 9.40. The van der Waals surface area contributed by atoms with Gasteiger partial charge in [-0.15, -0.1) is 0 Å². The summed E-state index contributed by atoms with van der Waals surface area (Å²) in [6.07, 6.45) is -3.01. The van der Waals surface area contributed by atoms with Gasteiger partial charge in [0.2, 0.25) is 0 Å². The fraction of sp³-hybridized carbons (Fsp3) is 0.583. The van der Waals surface area contributed by atoms with Crippen molar-refractivity contribution < 1.29 is 18.7 Å². The number of nitrogens with one attached hydrogen (secondary N) is 2. The third kappa shape index (κ3) is 3.19. The number of aliphatic hydroxyl groups is 1. The molecule has 1 amide bonds. The van der Waals surface area contributed by atoms with Crippen LogP contribution in [0.15, 0.2) is 4.79 Å². The summed E-state index contributed by atoms with van der Waals surface area (Å²) in [5, 5.41) is 11.0. The molecule has 1 heterocycles. The van der Waals surface area contributed by atoms with Gasteiger partial charge in [0.05, 0.1) is 5.69 Å². The number of H-pyrrole nitrogens is 1. The summed E-state index contributed by atoms with van der Waals surface area (Å²) in [7, 11) is 0. The lowest BCUT2D eigenvalue weighted by Gasteiger charge is -2.11. The van der Waals surface area contributed by atoms with Crippen molar-refractivity contribution in [1.29, 1.82) is 0 Å². The maximum Gasteiger partial charge on any atom is 0.265 e. The summed E-state index contributed by atoms with van der Waals surface area (Å²) >= 11 is 0. The van der Waals surface area contributed by atoms with E-state index in [0.29, 0.717) is 5.82 Å². The molecule has 1 fully saturated rings. The van der Waals surface area contributed by atoms with Gasteiger partial charge in [0.25, 0.3) is 17.9 Å². The molecule has 0 aliphatic heterocycles. The molecule has 1 aromatic rings. The van der Waals surface area contributed by atoms with E-state index >= 15 is 0 Å². The number of nitrogens with zero attached hydrogens (tertiary/aromatic N) is 1. The van der Waals surface area contributed by atoms with Crippen LogP contribution in [0.4, 0.5) is 8.78 Å².